The Kier molecular flexibility index (Phi) is 3.35. The predicted octanol–water partition coefficient (Wildman–Crippen LogP) is 2.56. The average Bonchev–Trinajstić information content (AvgIpc) is 3.13. The Labute approximate surface area is 125 Å². The van der Waals surface area contributed by atoms with Crippen LogP contribution >= 0.6 is 0 Å². The number of Topliss-reactive ketones (excluding diaryl/α,β-unsaturated/α-hetero) is 1. The highest BCUT2D eigenvalue weighted by atomic mass is 16.6. The molecule has 0 bridgehead atoms. The molecule has 3 nitrogen and oxygen atoms in total. The third-order valence-corrected chi connectivity index (χ3v) is 5.42. The molecular weight excluding hydrogens is 264 g/mol. The molecule has 21 heavy (non-hydrogen) atoms. The van der Waals surface area contributed by atoms with E-state index >= 15 is 0 Å². The van der Waals surface area contributed by atoms with Crippen molar-refractivity contribution in [2.24, 2.45) is 11.8 Å². The van der Waals surface area contributed by atoms with Crippen molar-refractivity contribution in [3.63, 3.8) is 0 Å². The Hall–Kier alpha value is -1.19. The van der Waals surface area contributed by atoms with Crippen LogP contribution in [-0.4, -0.2) is 31.2 Å². The van der Waals surface area contributed by atoms with Gasteiger partial charge < -0.3 is 9.47 Å². The molecule has 2 atom stereocenters. The van der Waals surface area contributed by atoms with Gasteiger partial charge in [0.2, 0.25) is 0 Å². The second-order valence-electron chi connectivity index (χ2n) is 6.80. The van der Waals surface area contributed by atoms with Crippen LogP contribution in [-0.2, 0) is 27.1 Å². The molecule has 2 saturated heterocycles. The van der Waals surface area contributed by atoms with Crippen molar-refractivity contribution in [3.8, 4) is 0 Å². The Morgan fingerprint density at radius 3 is 2.52 bits per heavy atom. The second kappa shape index (κ2) is 5.22. The van der Waals surface area contributed by atoms with Crippen LogP contribution < -0.4 is 0 Å². The van der Waals surface area contributed by atoms with E-state index in [9.17, 15) is 4.79 Å². The molecule has 3 heteroatoms. The van der Waals surface area contributed by atoms with Gasteiger partial charge in [-0.1, -0.05) is 24.3 Å². The van der Waals surface area contributed by atoms with Gasteiger partial charge in [0.15, 0.2) is 0 Å². The van der Waals surface area contributed by atoms with Gasteiger partial charge in [0.05, 0.1) is 12.2 Å². The number of carbonyl (C=O) groups is 1. The number of hydrogen-bond donors (Lipinski definition) is 0. The monoisotopic (exact) mass is 286 g/mol. The van der Waals surface area contributed by atoms with Crippen LogP contribution in [0.1, 0.15) is 30.4 Å². The van der Waals surface area contributed by atoms with Gasteiger partial charge in [-0.05, 0) is 36.8 Å². The first-order valence-electron chi connectivity index (χ1n) is 8.08. The number of carbonyl (C=O) groups excluding carboxylic acids is 1. The van der Waals surface area contributed by atoms with Gasteiger partial charge in [0.1, 0.15) is 5.78 Å². The number of fused-ring (bicyclic) bond motifs is 1. The van der Waals surface area contributed by atoms with Gasteiger partial charge in [-0.3, -0.25) is 4.79 Å². The van der Waals surface area contributed by atoms with Crippen LogP contribution in [0, 0.1) is 11.8 Å². The lowest BCUT2D eigenvalue weighted by molar-refractivity contribution is -0.140. The van der Waals surface area contributed by atoms with E-state index in [1.54, 1.807) is 0 Å². The quantitative estimate of drug-likeness (QED) is 0.838. The van der Waals surface area contributed by atoms with Crippen LogP contribution in [0.5, 0.6) is 0 Å². The molecule has 0 amide bonds. The fourth-order valence-corrected chi connectivity index (χ4v) is 4.23. The van der Waals surface area contributed by atoms with E-state index in [1.807, 2.05) is 0 Å². The van der Waals surface area contributed by atoms with E-state index in [0.717, 1.165) is 38.7 Å². The fraction of sp³-hybridized carbons (Fsp3) is 0.611. The Morgan fingerprint density at radius 2 is 1.86 bits per heavy atom. The van der Waals surface area contributed by atoms with E-state index in [0.29, 0.717) is 19.0 Å². The first kappa shape index (κ1) is 13.5. The van der Waals surface area contributed by atoms with Crippen molar-refractivity contribution in [2.45, 2.75) is 37.7 Å². The first-order chi connectivity index (χ1) is 10.3. The van der Waals surface area contributed by atoms with Crippen molar-refractivity contribution in [1.82, 2.24) is 0 Å². The third-order valence-electron chi connectivity index (χ3n) is 5.42. The number of benzene rings is 1. The molecule has 2 unspecified atom stereocenters. The lowest BCUT2D eigenvalue weighted by Gasteiger charge is -2.37. The average molecular weight is 286 g/mol. The van der Waals surface area contributed by atoms with Gasteiger partial charge >= 0.3 is 0 Å². The van der Waals surface area contributed by atoms with Crippen LogP contribution in [0.3, 0.4) is 0 Å². The number of rotatable bonds is 2. The molecule has 0 radical (unpaired) electrons. The second-order valence-corrected chi connectivity index (χ2v) is 6.80. The molecule has 3 aliphatic rings. The molecule has 4 rings (SSSR count). The molecular formula is C18H22O3. The molecule has 2 heterocycles. The third kappa shape index (κ3) is 2.43. The predicted molar refractivity (Wildman–Crippen MR) is 79.2 cm³/mol. The summed E-state index contributed by atoms with van der Waals surface area (Å²) in [5, 5.41) is 0. The van der Waals surface area contributed by atoms with Crippen molar-refractivity contribution in [3.05, 3.63) is 35.4 Å². The van der Waals surface area contributed by atoms with E-state index < -0.39 is 0 Å². The largest absolute Gasteiger partial charge is 0.378 e. The standard InChI is InChI=1S/C18H22O3/c19-17(16-9-13-3-1-2-4-14(13)10-16)15-5-7-21-18(11-15)6-8-20-12-18/h1-4,15-16H,5-12H2. The normalized spacial score (nSPS) is 32.5. The van der Waals surface area contributed by atoms with Crippen molar-refractivity contribution in [2.75, 3.05) is 19.8 Å². The zero-order valence-corrected chi connectivity index (χ0v) is 12.3. The summed E-state index contributed by atoms with van der Waals surface area (Å²) in [5.41, 5.74) is 2.56. The molecule has 112 valence electrons. The molecule has 1 aromatic carbocycles. The summed E-state index contributed by atoms with van der Waals surface area (Å²) in [4.78, 5) is 12.9. The smallest absolute Gasteiger partial charge is 0.139 e. The van der Waals surface area contributed by atoms with E-state index in [2.05, 4.69) is 24.3 Å². The first-order valence-corrected chi connectivity index (χ1v) is 8.08. The van der Waals surface area contributed by atoms with Crippen LogP contribution in [0.15, 0.2) is 24.3 Å². The summed E-state index contributed by atoms with van der Waals surface area (Å²) in [6.45, 7) is 2.15. The maximum absolute atomic E-state index is 12.9. The molecule has 2 aliphatic heterocycles. The van der Waals surface area contributed by atoms with Crippen molar-refractivity contribution >= 4 is 5.78 Å². The van der Waals surface area contributed by atoms with Gasteiger partial charge in [-0.15, -0.1) is 0 Å². The fourth-order valence-electron chi connectivity index (χ4n) is 4.23. The van der Waals surface area contributed by atoms with Crippen LogP contribution in [0.2, 0.25) is 0 Å². The molecule has 2 fully saturated rings. The SMILES string of the molecule is O=C(C1Cc2ccccc2C1)C1CCOC2(CCOC2)C1. The number of hydrogen-bond acceptors (Lipinski definition) is 3. The van der Waals surface area contributed by atoms with Crippen molar-refractivity contribution in [1.29, 1.82) is 0 Å². The summed E-state index contributed by atoms with van der Waals surface area (Å²) in [5.74, 6) is 0.811. The molecule has 0 N–H and O–H groups in total. The van der Waals surface area contributed by atoms with E-state index in [-0.39, 0.29) is 17.4 Å². The minimum Gasteiger partial charge on any atom is -0.378 e. The van der Waals surface area contributed by atoms with Gasteiger partial charge in [0, 0.05) is 31.5 Å². The van der Waals surface area contributed by atoms with Gasteiger partial charge in [-0.2, -0.15) is 0 Å². The Bertz CT molecular complexity index is 520. The summed E-state index contributed by atoms with van der Waals surface area (Å²) >= 11 is 0. The highest BCUT2D eigenvalue weighted by molar-refractivity contribution is 5.85. The zero-order chi connectivity index (χ0) is 14.3. The maximum Gasteiger partial charge on any atom is 0.139 e. The van der Waals surface area contributed by atoms with Gasteiger partial charge in [0.25, 0.3) is 0 Å². The molecule has 1 aliphatic carbocycles. The molecule has 0 aromatic heterocycles. The molecule has 1 aromatic rings. The van der Waals surface area contributed by atoms with Gasteiger partial charge in [-0.25, -0.2) is 0 Å². The van der Waals surface area contributed by atoms with Crippen LogP contribution in [0.4, 0.5) is 0 Å². The number of ether oxygens (including phenoxy) is 2. The molecule has 0 saturated carbocycles. The van der Waals surface area contributed by atoms with E-state index in [4.69, 9.17) is 9.47 Å². The van der Waals surface area contributed by atoms with E-state index in [1.165, 1.54) is 11.1 Å². The molecule has 1 spiro atoms. The number of ketones is 1. The van der Waals surface area contributed by atoms with Crippen LogP contribution in [0.25, 0.3) is 0 Å². The lowest BCUT2D eigenvalue weighted by Crippen LogP contribution is -2.43. The summed E-state index contributed by atoms with van der Waals surface area (Å²) in [6, 6.07) is 8.48. The maximum atomic E-state index is 12.9. The zero-order valence-electron chi connectivity index (χ0n) is 12.3. The van der Waals surface area contributed by atoms with Crippen molar-refractivity contribution < 1.29 is 14.3 Å². The summed E-state index contributed by atoms with van der Waals surface area (Å²) in [6.07, 6.45) is 4.54. The highest BCUT2D eigenvalue weighted by Gasteiger charge is 2.44. The summed E-state index contributed by atoms with van der Waals surface area (Å²) in [7, 11) is 0. The minimum atomic E-state index is -0.163. The Morgan fingerprint density at radius 1 is 1.10 bits per heavy atom. The Balaban J connectivity index is 1.46. The topological polar surface area (TPSA) is 35.5 Å². The summed E-state index contributed by atoms with van der Waals surface area (Å²) < 4.78 is 11.5. The highest BCUT2D eigenvalue weighted by Crippen LogP contribution is 2.39. The lowest BCUT2D eigenvalue weighted by atomic mass is 9.79. The minimum absolute atomic E-state index is 0.163.